The third-order valence-electron chi connectivity index (χ3n) is 9.35. The number of aldehydes is 1. The first kappa shape index (κ1) is 30.7. The van der Waals surface area contributed by atoms with Crippen molar-refractivity contribution in [2.75, 3.05) is 24.5 Å². The van der Waals surface area contributed by atoms with Gasteiger partial charge in [-0.25, -0.2) is 23.7 Å². The van der Waals surface area contributed by atoms with Crippen LogP contribution < -0.4 is 4.90 Å². The number of β-amino-alcohol motifs (C(OH)–C–C–N with tert-alkyl or cyclic N) is 1. The summed E-state index contributed by atoms with van der Waals surface area (Å²) in [4.78, 5) is 33.3. The zero-order valence-electron chi connectivity index (χ0n) is 26.4. The van der Waals surface area contributed by atoms with Crippen LogP contribution in [-0.4, -0.2) is 62.0 Å². The summed E-state index contributed by atoms with van der Waals surface area (Å²) in [7, 11) is 0. The maximum Gasteiger partial charge on any atom is 0.297 e. The van der Waals surface area contributed by atoms with Crippen molar-refractivity contribution in [2.24, 2.45) is 0 Å². The van der Waals surface area contributed by atoms with Crippen molar-refractivity contribution < 1.29 is 23.1 Å². The van der Waals surface area contributed by atoms with E-state index in [0.29, 0.717) is 78.2 Å². The molecule has 5 heterocycles. The van der Waals surface area contributed by atoms with Crippen LogP contribution in [-0.2, 0) is 13.0 Å². The number of carbonyl (C=O) groups is 1. The molecule has 0 radical (unpaired) electrons. The highest BCUT2D eigenvalue weighted by Gasteiger charge is 2.29. The molecular weight excluding hydrogens is 628 g/mol. The van der Waals surface area contributed by atoms with E-state index >= 15 is 0 Å². The molecule has 2 aliphatic heterocycles. The Morgan fingerprint density at radius 3 is 2.65 bits per heavy atom. The standard InChI is InChI=1S/C37H29F2N7O3/c1-20-25(4-2-5-26(20)37-43-30-13-21(19-47)12-23(15-40)33(30)49-37)27-6-3-7-31-28(27)9-11-46(31)36-32-29(42-35(44-36)34(38)39)14-22(16-41-32)17-45-10-8-24(48)18-45/h2-7,12-14,16,19,24,34,48H,8-11,17-18H2,1H3/t24-/m1/s1. The van der Waals surface area contributed by atoms with Crippen LogP contribution in [0.2, 0.25) is 0 Å². The van der Waals surface area contributed by atoms with Crippen LogP contribution in [0, 0.1) is 18.3 Å². The number of hydrogen-bond donors (Lipinski definition) is 1. The maximum atomic E-state index is 14.1. The molecule has 2 aliphatic rings. The molecule has 0 unspecified atom stereocenters. The molecule has 244 valence electrons. The number of fused-ring (bicyclic) bond motifs is 3. The summed E-state index contributed by atoms with van der Waals surface area (Å²) in [5.41, 5.74) is 8.40. The van der Waals surface area contributed by atoms with E-state index in [2.05, 4.69) is 30.9 Å². The average Bonchev–Trinajstić information content (AvgIpc) is 3.85. The van der Waals surface area contributed by atoms with E-state index in [1.165, 1.54) is 6.07 Å². The summed E-state index contributed by atoms with van der Waals surface area (Å²) in [6.07, 6.45) is 0.524. The molecule has 12 heteroatoms. The number of pyridine rings is 1. The molecule has 0 spiro atoms. The molecule has 0 amide bonds. The zero-order valence-corrected chi connectivity index (χ0v) is 26.4. The van der Waals surface area contributed by atoms with E-state index in [1.807, 2.05) is 48.2 Å². The smallest absolute Gasteiger partial charge is 0.297 e. The number of halogens is 2. The monoisotopic (exact) mass is 657 g/mol. The van der Waals surface area contributed by atoms with Crippen LogP contribution in [0.4, 0.5) is 20.3 Å². The number of nitriles is 1. The van der Waals surface area contributed by atoms with E-state index in [-0.39, 0.29) is 11.7 Å². The van der Waals surface area contributed by atoms with Gasteiger partial charge in [0, 0.05) is 49.2 Å². The van der Waals surface area contributed by atoms with Gasteiger partial charge in [0.15, 0.2) is 17.2 Å². The number of hydrogen-bond acceptors (Lipinski definition) is 10. The first-order valence-electron chi connectivity index (χ1n) is 16.0. The number of alkyl halides is 2. The lowest BCUT2D eigenvalue weighted by molar-refractivity contribution is 0.112. The van der Waals surface area contributed by atoms with Gasteiger partial charge in [-0.05, 0) is 77.9 Å². The molecule has 49 heavy (non-hydrogen) atoms. The number of aliphatic hydroxyl groups excluding tert-OH is 1. The zero-order chi connectivity index (χ0) is 33.8. The van der Waals surface area contributed by atoms with Crippen LogP contribution in [0.15, 0.2) is 65.2 Å². The molecular formula is C37H29F2N7O3. The lowest BCUT2D eigenvalue weighted by Crippen LogP contribution is -2.21. The van der Waals surface area contributed by atoms with Crippen molar-refractivity contribution >= 4 is 39.9 Å². The number of nitrogens with zero attached hydrogens (tertiary/aromatic N) is 7. The van der Waals surface area contributed by atoms with Crippen LogP contribution in [0.3, 0.4) is 0 Å². The van der Waals surface area contributed by atoms with E-state index < -0.39 is 12.2 Å². The minimum Gasteiger partial charge on any atom is -0.435 e. The average molecular weight is 658 g/mol. The van der Waals surface area contributed by atoms with Gasteiger partial charge < -0.3 is 14.4 Å². The van der Waals surface area contributed by atoms with Gasteiger partial charge in [-0.3, -0.25) is 14.7 Å². The van der Waals surface area contributed by atoms with Gasteiger partial charge in [-0.2, -0.15) is 5.26 Å². The van der Waals surface area contributed by atoms with E-state index in [4.69, 9.17) is 4.42 Å². The second kappa shape index (κ2) is 12.1. The number of carbonyl (C=O) groups excluding carboxylic acids is 1. The fourth-order valence-corrected chi connectivity index (χ4v) is 7.04. The first-order valence-corrected chi connectivity index (χ1v) is 16.0. The summed E-state index contributed by atoms with van der Waals surface area (Å²) in [5.74, 6) is 0.116. The minimum absolute atomic E-state index is 0.234. The summed E-state index contributed by atoms with van der Waals surface area (Å²) >= 11 is 0. The molecule has 8 rings (SSSR count). The molecule has 3 aromatic heterocycles. The SMILES string of the molecule is Cc1c(-c2nc3cc(C=O)cc(C#N)c3o2)cccc1-c1cccc2c1CCN2c1nc(C(F)F)nc2cc(CN3CC[C@@H](O)C3)cnc12. The number of benzene rings is 3. The molecule has 1 atom stereocenters. The Bertz CT molecular complexity index is 2330. The van der Waals surface area contributed by atoms with Gasteiger partial charge >= 0.3 is 0 Å². The molecule has 0 aliphatic carbocycles. The van der Waals surface area contributed by atoms with Gasteiger partial charge in [-0.15, -0.1) is 0 Å². The predicted molar refractivity (Wildman–Crippen MR) is 179 cm³/mol. The summed E-state index contributed by atoms with van der Waals surface area (Å²) in [6, 6.07) is 18.7. The summed E-state index contributed by atoms with van der Waals surface area (Å²) < 4.78 is 34.4. The molecule has 3 aromatic carbocycles. The lowest BCUT2D eigenvalue weighted by atomic mass is 9.92. The van der Waals surface area contributed by atoms with E-state index in [0.717, 1.165) is 45.6 Å². The molecule has 10 nitrogen and oxygen atoms in total. The number of aromatic nitrogens is 4. The topological polar surface area (TPSA) is 132 Å². The predicted octanol–water partition coefficient (Wildman–Crippen LogP) is 6.69. The molecule has 1 N–H and O–H groups in total. The van der Waals surface area contributed by atoms with Crippen LogP contribution >= 0.6 is 0 Å². The number of aliphatic hydroxyl groups is 1. The Hall–Kier alpha value is -5.64. The van der Waals surface area contributed by atoms with Gasteiger partial charge in [0.1, 0.15) is 23.4 Å². The molecule has 0 bridgehead atoms. The van der Waals surface area contributed by atoms with Crippen LogP contribution in [0.1, 0.15) is 51.3 Å². The minimum atomic E-state index is -2.86. The van der Waals surface area contributed by atoms with Gasteiger partial charge in [0.25, 0.3) is 6.43 Å². The second-order valence-electron chi connectivity index (χ2n) is 12.4. The van der Waals surface area contributed by atoms with Gasteiger partial charge in [-0.1, -0.05) is 24.3 Å². The number of oxazole rings is 1. The maximum absolute atomic E-state index is 14.1. The van der Waals surface area contributed by atoms with E-state index in [9.17, 15) is 23.9 Å². The normalized spacial score (nSPS) is 16.2. The second-order valence-corrected chi connectivity index (χ2v) is 12.4. The van der Waals surface area contributed by atoms with E-state index in [1.54, 1.807) is 18.3 Å². The van der Waals surface area contributed by atoms with Crippen molar-refractivity contribution in [3.63, 3.8) is 0 Å². The number of rotatable bonds is 7. The quantitative estimate of drug-likeness (QED) is 0.185. The van der Waals surface area contributed by atoms with Crippen molar-refractivity contribution in [1.29, 1.82) is 5.26 Å². The highest BCUT2D eigenvalue weighted by Crippen LogP contribution is 2.43. The number of anilines is 2. The van der Waals surface area contributed by atoms with Crippen LogP contribution in [0.25, 0.3) is 44.7 Å². The highest BCUT2D eigenvalue weighted by atomic mass is 19.3. The Labute approximate surface area is 279 Å². The summed E-state index contributed by atoms with van der Waals surface area (Å²) in [5, 5.41) is 19.6. The van der Waals surface area contributed by atoms with Crippen molar-refractivity contribution in [1.82, 2.24) is 24.8 Å². The van der Waals surface area contributed by atoms with Gasteiger partial charge in [0.2, 0.25) is 5.89 Å². The first-order chi connectivity index (χ1) is 23.8. The highest BCUT2D eigenvalue weighted by molar-refractivity contribution is 5.92. The third kappa shape index (κ3) is 5.37. The number of likely N-dealkylation sites (tertiary alicyclic amines) is 1. The largest absolute Gasteiger partial charge is 0.435 e. The Morgan fingerprint density at radius 1 is 1.06 bits per heavy atom. The molecule has 0 saturated carbocycles. The fourth-order valence-electron chi connectivity index (χ4n) is 7.04. The van der Waals surface area contributed by atoms with Crippen LogP contribution in [0.5, 0.6) is 0 Å². The van der Waals surface area contributed by atoms with Gasteiger partial charge in [0.05, 0.1) is 17.2 Å². The fraction of sp³-hybridized carbons (Fsp3) is 0.243. The van der Waals surface area contributed by atoms with Crippen molar-refractivity contribution in [3.8, 4) is 28.7 Å². The Balaban J connectivity index is 1.18. The Kier molecular flexibility index (Phi) is 7.58. The molecule has 1 saturated heterocycles. The summed E-state index contributed by atoms with van der Waals surface area (Å²) in [6.45, 7) is 4.34. The third-order valence-corrected chi connectivity index (χ3v) is 9.35. The lowest BCUT2D eigenvalue weighted by Gasteiger charge is -2.21. The molecule has 6 aromatic rings. The Morgan fingerprint density at radius 2 is 1.88 bits per heavy atom. The van der Waals surface area contributed by atoms with Crippen molar-refractivity contribution in [3.05, 3.63) is 94.4 Å². The molecule has 1 fully saturated rings. The van der Waals surface area contributed by atoms with Crippen molar-refractivity contribution in [2.45, 2.75) is 38.8 Å².